The van der Waals surface area contributed by atoms with Gasteiger partial charge in [0.1, 0.15) is 22.8 Å². The first kappa shape index (κ1) is 28.3. The van der Waals surface area contributed by atoms with Crippen molar-refractivity contribution >= 4 is 64.8 Å². The Kier molecular flexibility index (Phi) is 12.6. The Morgan fingerprint density at radius 1 is 1.35 bits per heavy atom. The van der Waals surface area contributed by atoms with Crippen LogP contribution in [-0.4, -0.2) is 53.1 Å². The van der Waals surface area contributed by atoms with Crippen LogP contribution in [0, 0.1) is 5.82 Å². The zero-order valence-corrected chi connectivity index (χ0v) is 22.0. The Balaban J connectivity index is 0.000000182. The van der Waals surface area contributed by atoms with Crippen molar-refractivity contribution in [3.63, 3.8) is 0 Å². The molecule has 1 aliphatic rings. The predicted octanol–water partition coefficient (Wildman–Crippen LogP) is 4.46. The standard InChI is InChI=1S/C8H9N3S2.C7H5ClFNO.C6H12N2OS/c1-9-2-6-3-10-8(13-6)7-4-12-5-11-7;8-6-3-5(10-4-11)1-2-7(6)9;1-5-3-6(4-9)7-10-8(5)2/h3-5,9H,2H2,1H3;1-4H,(H,10,11);4-7H,3H2,1-2H3. The van der Waals surface area contributed by atoms with Gasteiger partial charge in [-0.15, -0.1) is 22.7 Å². The SMILES string of the molecule is CC1CC(C=O)NSN1C.CNCc1cnc(-c2cscn2)s1.O=CNc1ccc(F)c(Cl)c1. The highest BCUT2D eigenvalue weighted by Gasteiger charge is 2.22. The Bertz CT molecular complexity index is 1020. The molecule has 13 heteroatoms. The summed E-state index contributed by atoms with van der Waals surface area (Å²) in [4.78, 5) is 30.0. The summed E-state index contributed by atoms with van der Waals surface area (Å²) in [6.45, 7) is 2.99. The van der Waals surface area contributed by atoms with Crippen LogP contribution in [0.3, 0.4) is 0 Å². The van der Waals surface area contributed by atoms with Crippen molar-refractivity contribution in [2.45, 2.75) is 32.0 Å². The van der Waals surface area contributed by atoms with Gasteiger partial charge < -0.3 is 15.4 Å². The molecule has 1 aromatic carbocycles. The van der Waals surface area contributed by atoms with Crippen LogP contribution in [0.25, 0.3) is 10.7 Å². The Morgan fingerprint density at radius 3 is 2.74 bits per heavy atom. The molecule has 2 atom stereocenters. The maximum Gasteiger partial charge on any atom is 0.211 e. The van der Waals surface area contributed by atoms with E-state index in [1.807, 2.05) is 31.2 Å². The van der Waals surface area contributed by atoms with E-state index >= 15 is 0 Å². The van der Waals surface area contributed by atoms with Crippen LogP contribution in [0.1, 0.15) is 18.2 Å². The van der Waals surface area contributed by atoms with E-state index in [4.69, 9.17) is 11.6 Å². The molecule has 3 aromatic rings. The molecule has 0 saturated carbocycles. The minimum atomic E-state index is -0.497. The number of rotatable bonds is 6. The molecular formula is C21H26ClFN6O2S3. The van der Waals surface area contributed by atoms with Gasteiger partial charge in [0, 0.05) is 46.9 Å². The number of hydrogen-bond acceptors (Lipinski definition) is 10. The van der Waals surface area contributed by atoms with E-state index in [0.29, 0.717) is 18.1 Å². The summed E-state index contributed by atoms with van der Waals surface area (Å²) < 4.78 is 17.6. The molecule has 8 nitrogen and oxygen atoms in total. The molecule has 1 fully saturated rings. The van der Waals surface area contributed by atoms with Gasteiger partial charge in [-0.2, -0.15) is 0 Å². The van der Waals surface area contributed by atoms with Crippen molar-refractivity contribution in [1.82, 2.24) is 24.3 Å². The highest BCUT2D eigenvalue weighted by Crippen LogP contribution is 2.24. The predicted molar refractivity (Wildman–Crippen MR) is 140 cm³/mol. The Hall–Kier alpha value is -1.93. The van der Waals surface area contributed by atoms with Gasteiger partial charge in [0.2, 0.25) is 6.41 Å². The average Bonchev–Trinajstić information content (AvgIpc) is 3.52. The van der Waals surface area contributed by atoms with E-state index in [1.54, 1.807) is 22.7 Å². The zero-order valence-electron chi connectivity index (χ0n) is 18.8. The average molecular weight is 545 g/mol. The molecule has 34 heavy (non-hydrogen) atoms. The van der Waals surface area contributed by atoms with E-state index in [0.717, 1.165) is 30.0 Å². The van der Waals surface area contributed by atoms with Crippen LogP contribution in [0.4, 0.5) is 10.1 Å². The number of anilines is 1. The molecule has 0 radical (unpaired) electrons. The van der Waals surface area contributed by atoms with E-state index < -0.39 is 5.82 Å². The van der Waals surface area contributed by atoms with E-state index in [2.05, 4.69) is 36.6 Å². The lowest BCUT2D eigenvalue weighted by atomic mass is 10.1. The van der Waals surface area contributed by atoms with Crippen molar-refractivity contribution in [3.8, 4) is 10.7 Å². The number of aldehydes is 1. The lowest BCUT2D eigenvalue weighted by Crippen LogP contribution is -2.42. The zero-order chi connectivity index (χ0) is 24.9. The van der Waals surface area contributed by atoms with E-state index in [-0.39, 0.29) is 11.1 Å². The number of carbonyl (C=O) groups is 2. The maximum absolute atomic E-state index is 12.5. The second kappa shape index (κ2) is 15.1. The molecule has 1 amide bonds. The maximum atomic E-state index is 12.5. The normalized spacial score (nSPS) is 17.6. The highest BCUT2D eigenvalue weighted by atomic mass is 35.5. The van der Waals surface area contributed by atoms with Crippen molar-refractivity contribution in [1.29, 1.82) is 0 Å². The first-order valence-electron chi connectivity index (χ1n) is 10.1. The van der Waals surface area contributed by atoms with Gasteiger partial charge in [0.05, 0.1) is 16.6 Å². The number of carbonyl (C=O) groups excluding carboxylic acids is 2. The lowest BCUT2D eigenvalue weighted by Gasteiger charge is -2.31. The number of nitrogens with one attached hydrogen (secondary N) is 3. The molecular weight excluding hydrogens is 519 g/mol. The van der Waals surface area contributed by atoms with Crippen molar-refractivity contribution < 1.29 is 14.0 Å². The fraction of sp³-hybridized carbons (Fsp3) is 0.333. The van der Waals surface area contributed by atoms with Crippen LogP contribution in [0.5, 0.6) is 0 Å². The minimum Gasteiger partial charge on any atom is -0.329 e. The summed E-state index contributed by atoms with van der Waals surface area (Å²) in [5.74, 6) is -0.497. The number of aromatic nitrogens is 2. The topological polar surface area (TPSA) is 99.2 Å². The van der Waals surface area contributed by atoms with Crippen molar-refractivity contribution in [2.24, 2.45) is 0 Å². The Morgan fingerprint density at radius 2 is 2.15 bits per heavy atom. The van der Waals surface area contributed by atoms with Crippen molar-refractivity contribution in [2.75, 3.05) is 19.4 Å². The van der Waals surface area contributed by atoms with Gasteiger partial charge in [-0.25, -0.2) is 23.4 Å². The van der Waals surface area contributed by atoms with Crippen LogP contribution in [0.2, 0.25) is 5.02 Å². The third-order valence-electron chi connectivity index (χ3n) is 4.43. The quantitative estimate of drug-likeness (QED) is 0.309. The smallest absolute Gasteiger partial charge is 0.211 e. The monoisotopic (exact) mass is 544 g/mol. The van der Waals surface area contributed by atoms with Gasteiger partial charge in [0.25, 0.3) is 0 Å². The molecule has 1 saturated heterocycles. The molecule has 0 aliphatic carbocycles. The largest absolute Gasteiger partial charge is 0.329 e. The van der Waals surface area contributed by atoms with Gasteiger partial charge >= 0.3 is 0 Å². The van der Waals surface area contributed by atoms with Crippen LogP contribution >= 0.6 is 46.4 Å². The van der Waals surface area contributed by atoms with Crippen LogP contribution in [-0.2, 0) is 16.1 Å². The van der Waals surface area contributed by atoms with E-state index in [1.165, 1.54) is 35.2 Å². The molecule has 0 bridgehead atoms. The van der Waals surface area contributed by atoms with Gasteiger partial charge in [-0.3, -0.25) is 4.79 Å². The highest BCUT2D eigenvalue weighted by molar-refractivity contribution is 7.95. The van der Waals surface area contributed by atoms with Gasteiger partial charge in [-0.1, -0.05) is 11.6 Å². The molecule has 2 aromatic heterocycles. The molecule has 4 rings (SSSR count). The Labute approximate surface area is 215 Å². The number of amides is 1. The van der Waals surface area contributed by atoms with Crippen LogP contribution in [0.15, 0.2) is 35.3 Å². The third-order valence-corrected chi connectivity index (χ3v) is 7.38. The summed E-state index contributed by atoms with van der Waals surface area (Å²) >= 11 is 10.2. The minimum absolute atomic E-state index is 0.00292. The fourth-order valence-corrected chi connectivity index (χ4v) is 4.95. The second-order valence-corrected chi connectivity index (χ2v) is 10.2. The third kappa shape index (κ3) is 9.37. The molecule has 2 unspecified atom stereocenters. The second-order valence-electron chi connectivity index (χ2n) is 7.01. The molecule has 1 aliphatic heterocycles. The summed E-state index contributed by atoms with van der Waals surface area (Å²) in [6.07, 6.45) is 4.28. The number of halogens is 2. The first-order chi connectivity index (χ1) is 16.4. The lowest BCUT2D eigenvalue weighted by molar-refractivity contribution is -0.109. The van der Waals surface area contributed by atoms with E-state index in [9.17, 15) is 14.0 Å². The summed E-state index contributed by atoms with van der Waals surface area (Å²) in [6, 6.07) is 4.48. The summed E-state index contributed by atoms with van der Waals surface area (Å²) in [5.41, 5.74) is 3.29. The van der Waals surface area contributed by atoms with Crippen LogP contribution < -0.4 is 15.4 Å². The number of nitrogens with zero attached hydrogens (tertiary/aromatic N) is 3. The van der Waals surface area contributed by atoms with Crippen molar-refractivity contribution in [3.05, 3.63) is 51.0 Å². The fourth-order valence-electron chi connectivity index (χ4n) is 2.54. The van der Waals surface area contributed by atoms with Gasteiger partial charge in [-0.05, 0) is 45.6 Å². The summed E-state index contributed by atoms with van der Waals surface area (Å²) in [7, 11) is 3.95. The van der Waals surface area contributed by atoms with Gasteiger partial charge in [0.15, 0.2) is 0 Å². The number of benzene rings is 1. The number of thiazole rings is 2. The molecule has 3 N–H and O–H groups in total. The molecule has 3 heterocycles. The number of hydrogen-bond donors (Lipinski definition) is 3. The first-order valence-corrected chi connectivity index (χ1v) is 13.0. The summed E-state index contributed by atoms with van der Waals surface area (Å²) in [5, 5.41) is 8.46. The molecule has 184 valence electrons. The molecule has 0 spiro atoms.